The highest BCUT2D eigenvalue weighted by Crippen LogP contribution is 2.19. The summed E-state index contributed by atoms with van der Waals surface area (Å²) in [6.45, 7) is 13.0. The monoisotopic (exact) mass is 278 g/mol. The molecule has 2 unspecified atom stereocenters. The summed E-state index contributed by atoms with van der Waals surface area (Å²) in [6, 6.07) is 4.45. The van der Waals surface area contributed by atoms with Gasteiger partial charge in [-0.1, -0.05) is 0 Å². The molecule has 0 aromatic carbocycles. The molecule has 0 spiro atoms. The lowest BCUT2D eigenvalue weighted by atomic mass is 10.1. The van der Waals surface area contributed by atoms with Crippen LogP contribution in [0.15, 0.2) is 12.1 Å². The first-order chi connectivity index (χ1) is 9.35. The highest BCUT2D eigenvalue weighted by molar-refractivity contribution is 5.39. The molecule has 2 heterocycles. The van der Waals surface area contributed by atoms with Crippen molar-refractivity contribution in [2.24, 2.45) is 0 Å². The van der Waals surface area contributed by atoms with Crippen LogP contribution >= 0.6 is 0 Å². The van der Waals surface area contributed by atoms with Gasteiger partial charge in [0.2, 0.25) is 0 Å². The van der Waals surface area contributed by atoms with Crippen molar-refractivity contribution in [1.29, 1.82) is 0 Å². The van der Waals surface area contributed by atoms with Gasteiger partial charge in [-0.25, -0.2) is 0 Å². The Morgan fingerprint density at radius 3 is 2.65 bits per heavy atom. The molecule has 0 amide bonds. The minimum Gasteiger partial charge on any atom is -0.375 e. The number of nitrogens with zero attached hydrogens (tertiary/aromatic N) is 3. The molecule has 1 N–H and O–H groups in total. The molecule has 0 radical (unpaired) electrons. The average molecular weight is 278 g/mol. The van der Waals surface area contributed by atoms with Gasteiger partial charge in [0.25, 0.3) is 0 Å². The third kappa shape index (κ3) is 4.15. The SMILES string of the molecule is CC1CN(c2ccc(CNC(C)(C)C)nn2)C(C)CO1. The fourth-order valence-electron chi connectivity index (χ4n) is 2.18. The van der Waals surface area contributed by atoms with Crippen LogP contribution in [0, 0.1) is 0 Å². The van der Waals surface area contributed by atoms with Gasteiger partial charge in [0, 0.05) is 18.6 Å². The van der Waals surface area contributed by atoms with Crippen molar-refractivity contribution in [1.82, 2.24) is 15.5 Å². The number of ether oxygens (including phenoxy) is 1. The summed E-state index contributed by atoms with van der Waals surface area (Å²) < 4.78 is 5.64. The van der Waals surface area contributed by atoms with Crippen LogP contribution in [0.1, 0.15) is 40.3 Å². The summed E-state index contributed by atoms with van der Waals surface area (Å²) in [5.41, 5.74) is 1.06. The maximum atomic E-state index is 5.64. The van der Waals surface area contributed by atoms with Crippen LogP contribution in [-0.4, -0.2) is 41.0 Å². The number of morpholine rings is 1. The second-order valence-corrected chi connectivity index (χ2v) is 6.63. The second kappa shape index (κ2) is 6.06. The van der Waals surface area contributed by atoms with E-state index in [2.05, 4.69) is 61.1 Å². The molecule has 1 aliphatic rings. The first kappa shape index (κ1) is 15.2. The molecule has 2 rings (SSSR count). The van der Waals surface area contributed by atoms with E-state index in [9.17, 15) is 0 Å². The van der Waals surface area contributed by atoms with Crippen molar-refractivity contribution in [3.05, 3.63) is 17.8 Å². The van der Waals surface area contributed by atoms with Crippen LogP contribution in [0.5, 0.6) is 0 Å². The summed E-state index contributed by atoms with van der Waals surface area (Å²) >= 11 is 0. The predicted molar refractivity (Wildman–Crippen MR) is 80.8 cm³/mol. The van der Waals surface area contributed by atoms with Crippen LogP contribution in [0.3, 0.4) is 0 Å². The summed E-state index contributed by atoms with van der Waals surface area (Å²) in [5, 5.41) is 12.1. The van der Waals surface area contributed by atoms with E-state index in [4.69, 9.17) is 4.74 Å². The summed E-state index contributed by atoms with van der Waals surface area (Å²) in [7, 11) is 0. The van der Waals surface area contributed by atoms with Gasteiger partial charge in [-0.15, -0.1) is 5.10 Å². The Balaban J connectivity index is 2.00. The molecule has 20 heavy (non-hydrogen) atoms. The zero-order valence-electron chi connectivity index (χ0n) is 13.2. The van der Waals surface area contributed by atoms with E-state index < -0.39 is 0 Å². The normalized spacial score (nSPS) is 23.9. The van der Waals surface area contributed by atoms with Gasteiger partial charge in [0.05, 0.1) is 24.4 Å². The Morgan fingerprint density at radius 1 is 1.30 bits per heavy atom. The van der Waals surface area contributed by atoms with E-state index in [-0.39, 0.29) is 11.6 Å². The molecular weight excluding hydrogens is 252 g/mol. The van der Waals surface area contributed by atoms with Gasteiger partial charge in [0.1, 0.15) is 0 Å². The molecule has 2 atom stereocenters. The Morgan fingerprint density at radius 2 is 2.05 bits per heavy atom. The lowest BCUT2D eigenvalue weighted by Crippen LogP contribution is -2.47. The summed E-state index contributed by atoms with van der Waals surface area (Å²) in [4.78, 5) is 2.27. The Bertz CT molecular complexity index is 426. The minimum absolute atomic E-state index is 0.0918. The molecule has 0 saturated carbocycles. The van der Waals surface area contributed by atoms with Crippen LogP contribution in [0.4, 0.5) is 5.82 Å². The van der Waals surface area contributed by atoms with Gasteiger partial charge in [-0.2, -0.15) is 5.10 Å². The number of hydrogen-bond donors (Lipinski definition) is 1. The Kier molecular flexibility index (Phi) is 4.60. The van der Waals surface area contributed by atoms with E-state index in [1.807, 2.05) is 6.07 Å². The molecule has 5 nitrogen and oxygen atoms in total. The van der Waals surface area contributed by atoms with E-state index in [0.717, 1.165) is 31.2 Å². The van der Waals surface area contributed by atoms with Gasteiger partial charge < -0.3 is 15.0 Å². The first-order valence-electron chi connectivity index (χ1n) is 7.31. The zero-order valence-corrected chi connectivity index (χ0v) is 13.2. The fraction of sp³-hybridized carbons (Fsp3) is 0.733. The lowest BCUT2D eigenvalue weighted by molar-refractivity contribution is 0.0340. The number of rotatable bonds is 3. The van der Waals surface area contributed by atoms with Crippen molar-refractivity contribution in [3.63, 3.8) is 0 Å². The number of anilines is 1. The first-order valence-corrected chi connectivity index (χ1v) is 7.31. The standard InChI is InChI=1S/C15H26N4O/c1-11-10-20-12(2)9-19(11)14-7-6-13(17-18-14)8-16-15(3,4)5/h6-7,11-12,16H,8-10H2,1-5H3. The Hall–Kier alpha value is -1.20. The van der Waals surface area contributed by atoms with Crippen molar-refractivity contribution >= 4 is 5.82 Å². The van der Waals surface area contributed by atoms with Gasteiger partial charge in [0.15, 0.2) is 5.82 Å². The number of hydrogen-bond acceptors (Lipinski definition) is 5. The molecule has 1 fully saturated rings. The highest BCUT2D eigenvalue weighted by Gasteiger charge is 2.24. The molecule has 1 aromatic heterocycles. The van der Waals surface area contributed by atoms with Crippen LogP contribution in [-0.2, 0) is 11.3 Å². The van der Waals surface area contributed by atoms with Crippen LogP contribution in [0.2, 0.25) is 0 Å². The average Bonchev–Trinajstić information content (AvgIpc) is 2.39. The van der Waals surface area contributed by atoms with Crippen LogP contribution in [0.25, 0.3) is 0 Å². The minimum atomic E-state index is 0.0918. The van der Waals surface area contributed by atoms with E-state index >= 15 is 0 Å². The van der Waals surface area contributed by atoms with Crippen LogP contribution < -0.4 is 10.2 Å². The molecule has 1 aromatic rings. The molecule has 0 aliphatic carbocycles. The summed E-state index contributed by atoms with van der Waals surface area (Å²) in [5.74, 6) is 0.937. The van der Waals surface area contributed by atoms with Crippen molar-refractivity contribution in [2.75, 3.05) is 18.1 Å². The fourth-order valence-corrected chi connectivity index (χ4v) is 2.18. The molecule has 1 saturated heterocycles. The van der Waals surface area contributed by atoms with Gasteiger partial charge in [-0.3, -0.25) is 0 Å². The quantitative estimate of drug-likeness (QED) is 0.916. The van der Waals surface area contributed by atoms with Gasteiger partial charge >= 0.3 is 0 Å². The number of aromatic nitrogens is 2. The smallest absolute Gasteiger partial charge is 0.151 e. The number of nitrogens with one attached hydrogen (secondary N) is 1. The third-order valence-corrected chi connectivity index (χ3v) is 3.41. The van der Waals surface area contributed by atoms with Crippen molar-refractivity contribution in [3.8, 4) is 0 Å². The zero-order chi connectivity index (χ0) is 14.8. The van der Waals surface area contributed by atoms with E-state index in [0.29, 0.717) is 6.04 Å². The lowest BCUT2D eigenvalue weighted by Gasteiger charge is -2.37. The van der Waals surface area contributed by atoms with Crippen molar-refractivity contribution in [2.45, 2.75) is 58.8 Å². The summed E-state index contributed by atoms with van der Waals surface area (Å²) in [6.07, 6.45) is 0.246. The third-order valence-electron chi connectivity index (χ3n) is 3.41. The second-order valence-electron chi connectivity index (χ2n) is 6.63. The maximum Gasteiger partial charge on any atom is 0.151 e. The topological polar surface area (TPSA) is 50.3 Å². The Labute approximate surface area is 121 Å². The molecule has 5 heteroatoms. The van der Waals surface area contributed by atoms with Crippen molar-refractivity contribution < 1.29 is 4.74 Å². The molecule has 1 aliphatic heterocycles. The molecule has 0 bridgehead atoms. The predicted octanol–water partition coefficient (Wildman–Crippen LogP) is 1.98. The van der Waals surface area contributed by atoms with Gasteiger partial charge in [-0.05, 0) is 46.8 Å². The molecule has 112 valence electrons. The van der Waals surface area contributed by atoms with E-state index in [1.54, 1.807) is 0 Å². The molecular formula is C15H26N4O. The highest BCUT2D eigenvalue weighted by atomic mass is 16.5. The maximum absolute atomic E-state index is 5.64. The largest absolute Gasteiger partial charge is 0.375 e. The van der Waals surface area contributed by atoms with E-state index in [1.165, 1.54) is 0 Å².